The maximum absolute atomic E-state index is 14.0. The van der Waals surface area contributed by atoms with Gasteiger partial charge in [0.15, 0.2) is 17.5 Å². The van der Waals surface area contributed by atoms with Gasteiger partial charge in [0.25, 0.3) is 0 Å². The van der Waals surface area contributed by atoms with Crippen molar-refractivity contribution in [3.8, 4) is 11.3 Å². The van der Waals surface area contributed by atoms with E-state index in [2.05, 4.69) is 15.5 Å². The van der Waals surface area contributed by atoms with Crippen molar-refractivity contribution in [3.63, 3.8) is 0 Å². The quantitative estimate of drug-likeness (QED) is 0.167. The van der Waals surface area contributed by atoms with E-state index in [0.29, 0.717) is 11.3 Å². The van der Waals surface area contributed by atoms with E-state index in [1.807, 2.05) is 0 Å². The Kier molecular flexibility index (Phi) is 7.72. The Hall–Kier alpha value is -2.59. The fourth-order valence-corrected chi connectivity index (χ4v) is 9.55. The van der Waals surface area contributed by atoms with Gasteiger partial charge in [-0.1, -0.05) is 10.4 Å². The number of nitrogens with zero attached hydrogens (tertiary/aromatic N) is 4. The summed E-state index contributed by atoms with van der Waals surface area (Å²) in [6, 6.07) is 0.307. The van der Waals surface area contributed by atoms with Crippen LogP contribution in [0.15, 0.2) is 29.1 Å². The van der Waals surface area contributed by atoms with E-state index in [-0.39, 0.29) is 29.9 Å². The predicted molar refractivity (Wildman–Crippen MR) is 133 cm³/mol. The molecule has 5 rings (SSSR count). The summed E-state index contributed by atoms with van der Waals surface area (Å²) < 4.78 is 75.2. The first-order valence-corrected chi connectivity index (χ1v) is 14.3. The average molecular weight is 593 g/mol. The van der Waals surface area contributed by atoms with Crippen LogP contribution in [0.3, 0.4) is 0 Å². The topological polar surface area (TPSA) is 138 Å². The van der Waals surface area contributed by atoms with Gasteiger partial charge in [0.1, 0.15) is 23.7 Å². The molecule has 0 bridgehead atoms. The third-order valence-corrected chi connectivity index (χ3v) is 11.5. The zero-order valence-corrected chi connectivity index (χ0v) is 22.2. The lowest BCUT2D eigenvalue weighted by Crippen LogP contribution is -2.53. The van der Waals surface area contributed by atoms with Crippen LogP contribution in [0.2, 0.25) is 0 Å². The second kappa shape index (κ2) is 10.7. The second-order valence-corrected chi connectivity index (χ2v) is 13.2. The van der Waals surface area contributed by atoms with E-state index in [4.69, 9.17) is 4.52 Å². The SMILES string of the molecule is Cc1conc1[C@H]([SH]1C[C@H](O)[C@H](n2cc(-c3cc(F)c(F)c(F)c3)nn2)[C@@H](O)[C@H]1CO)C1(O)CCC(F)(F)CC1. The van der Waals surface area contributed by atoms with Crippen molar-refractivity contribution >= 4 is 10.9 Å². The van der Waals surface area contributed by atoms with E-state index in [9.17, 15) is 42.4 Å². The van der Waals surface area contributed by atoms with Gasteiger partial charge in [-0.2, -0.15) is 0 Å². The number of thiol groups is 1. The Labute approximate surface area is 227 Å². The molecule has 2 fully saturated rings. The Morgan fingerprint density at radius 2 is 1.77 bits per heavy atom. The number of aryl methyl sites for hydroxylation is 1. The minimum Gasteiger partial charge on any atom is -0.395 e. The number of aromatic nitrogens is 4. The van der Waals surface area contributed by atoms with Crippen LogP contribution in [0, 0.1) is 24.4 Å². The fraction of sp³-hybridized carbons (Fsp3) is 0.560. The Balaban J connectivity index is 1.47. The molecule has 0 amide bonds. The first kappa shape index (κ1) is 28.9. The minimum absolute atomic E-state index is 0.0348. The molecule has 1 saturated carbocycles. The summed E-state index contributed by atoms with van der Waals surface area (Å²) in [4.78, 5) is 0. The highest BCUT2D eigenvalue weighted by molar-refractivity contribution is 8.18. The minimum atomic E-state index is -2.93. The molecule has 3 aromatic rings. The number of aliphatic hydroxyl groups excluding tert-OH is 3. The maximum atomic E-state index is 14.0. The second-order valence-electron chi connectivity index (χ2n) is 10.6. The molecular formula is C25H29F5N4O5S. The lowest BCUT2D eigenvalue weighted by atomic mass is 9.79. The summed E-state index contributed by atoms with van der Waals surface area (Å²) in [5.41, 5.74) is -0.953. The van der Waals surface area contributed by atoms with Crippen LogP contribution >= 0.6 is 10.9 Å². The van der Waals surface area contributed by atoms with Crippen molar-refractivity contribution in [3.05, 3.63) is 53.3 Å². The van der Waals surface area contributed by atoms with Gasteiger partial charge in [-0.15, -0.1) is 5.10 Å². The Morgan fingerprint density at radius 1 is 1.12 bits per heavy atom. The van der Waals surface area contributed by atoms with Gasteiger partial charge in [-0.05, 0) is 31.9 Å². The molecule has 1 unspecified atom stereocenters. The number of halogens is 5. The number of aliphatic hydroxyl groups is 4. The first-order chi connectivity index (χ1) is 18.8. The lowest BCUT2D eigenvalue weighted by molar-refractivity contribution is -0.105. The molecule has 2 aliphatic rings. The van der Waals surface area contributed by atoms with Crippen LogP contribution in [-0.2, 0) is 0 Å². The molecule has 1 aliphatic carbocycles. The molecule has 9 nitrogen and oxygen atoms in total. The van der Waals surface area contributed by atoms with Gasteiger partial charge in [0.05, 0.1) is 35.9 Å². The van der Waals surface area contributed by atoms with E-state index in [1.165, 1.54) is 12.5 Å². The highest BCUT2D eigenvalue weighted by Gasteiger charge is 2.54. The van der Waals surface area contributed by atoms with E-state index in [1.54, 1.807) is 6.92 Å². The number of rotatable bonds is 6. The molecule has 2 aromatic heterocycles. The highest BCUT2D eigenvalue weighted by Crippen LogP contribution is 2.61. The van der Waals surface area contributed by atoms with Crippen LogP contribution in [0.25, 0.3) is 11.3 Å². The maximum Gasteiger partial charge on any atom is 0.248 e. The van der Waals surface area contributed by atoms with Crippen LogP contribution in [0.4, 0.5) is 22.0 Å². The van der Waals surface area contributed by atoms with Crippen LogP contribution in [-0.4, -0.2) is 81.9 Å². The summed E-state index contributed by atoms with van der Waals surface area (Å²) in [7, 11) is -1.68. The standard InChI is InChI=1S/C25H29F5N4O5S/c1-12-10-39-32-20(12)23(24(38)2-4-25(29,30)5-3-24)40-11-17(36)21(22(37)18(40)9-35)34-8-16(31-33-34)13-6-14(26)19(28)15(27)7-13/h6-8,10,17-18,21-23,35-38,40H,2-5,9,11H2,1H3/t17-,18+,21-,22-,23-/m0/s1. The largest absolute Gasteiger partial charge is 0.395 e. The van der Waals surface area contributed by atoms with Crippen molar-refractivity contribution in [2.24, 2.45) is 0 Å². The van der Waals surface area contributed by atoms with E-state index >= 15 is 0 Å². The zero-order valence-electron chi connectivity index (χ0n) is 21.3. The fourth-order valence-electron chi connectivity index (χ4n) is 5.81. The lowest BCUT2D eigenvalue weighted by Gasteiger charge is -2.52. The third kappa shape index (κ3) is 5.13. The zero-order chi connectivity index (χ0) is 29.0. The van der Waals surface area contributed by atoms with Crippen LogP contribution in [0.1, 0.15) is 48.2 Å². The smallest absolute Gasteiger partial charge is 0.248 e. The van der Waals surface area contributed by atoms with Crippen molar-refractivity contribution in [2.45, 2.75) is 72.9 Å². The molecule has 220 valence electrons. The summed E-state index contributed by atoms with van der Waals surface area (Å²) in [6.45, 7) is 1.12. The van der Waals surface area contributed by atoms with Gasteiger partial charge < -0.3 is 24.9 Å². The molecule has 3 heterocycles. The summed E-state index contributed by atoms with van der Waals surface area (Å²) in [6.07, 6.45) is -1.77. The van der Waals surface area contributed by atoms with Gasteiger partial charge in [-0.25, -0.2) is 37.5 Å². The molecule has 15 heteroatoms. The van der Waals surface area contributed by atoms with Crippen molar-refractivity contribution in [1.29, 1.82) is 0 Å². The van der Waals surface area contributed by atoms with Gasteiger partial charge in [-0.3, -0.25) is 0 Å². The van der Waals surface area contributed by atoms with Crippen molar-refractivity contribution < 1.29 is 46.9 Å². The summed E-state index contributed by atoms with van der Waals surface area (Å²) >= 11 is 0. The first-order valence-electron chi connectivity index (χ1n) is 12.7. The van der Waals surface area contributed by atoms with Crippen LogP contribution in [0.5, 0.6) is 0 Å². The molecule has 6 atom stereocenters. The Bertz CT molecular complexity index is 1340. The monoisotopic (exact) mass is 592 g/mol. The molecule has 1 aliphatic heterocycles. The van der Waals surface area contributed by atoms with Gasteiger partial charge >= 0.3 is 0 Å². The van der Waals surface area contributed by atoms with E-state index in [0.717, 1.165) is 16.8 Å². The highest BCUT2D eigenvalue weighted by atomic mass is 32.2. The number of benzene rings is 1. The van der Waals surface area contributed by atoms with E-state index < -0.39 is 88.1 Å². The number of hydrogen-bond donors (Lipinski definition) is 5. The molecular weight excluding hydrogens is 563 g/mol. The van der Waals surface area contributed by atoms with Crippen molar-refractivity contribution in [1.82, 2.24) is 20.2 Å². The molecule has 1 saturated heterocycles. The summed E-state index contributed by atoms with van der Waals surface area (Å²) in [5, 5.41) is 54.7. The van der Waals surface area contributed by atoms with Crippen molar-refractivity contribution in [2.75, 3.05) is 12.4 Å². The molecule has 1 aromatic carbocycles. The van der Waals surface area contributed by atoms with Gasteiger partial charge in [0, 0.05) is 35.0 Å². The molecule has 40 heavy (non-hydrogen) atoms. The predicted octanol–water partition coefficient (Wildman–Crippen LogP) is 2.98. The normalized spacial score (nSPS) is 29.8. The molecule has 0 radical (unpaired) electrons. The third-order valence-electron chi connectivity index (χ3n) is 7.98. The van der Waals surface area contributed by atoms with Gasteiger partial charge in [0.2, 0.25) is 5.92 Å². The number of alkyl halides is 2. The molecule has 4 N–H and O–H groups in total. The Morgan fingerprint density at radius 3 is 2.35 bits per heavy atom. The summed E-state index contributed by atoms with van der Waals surface area (Å²) in [5.74, 6) is -7.47. The number of hydrogen-bond acceptors (Lipinski definition) is 8. The average Bonchev–Trinajstić information content (AvgIpc) is 3.54. The van der Waals surface area contributed by atoms with Crippen LogP contribution < -0.4 is 0 Å². The molecule has 0 spiro atoms.